The first kappa shape index (κ1) is 21.3. The quantitative estimate of drug-likeness (QED) is 0.170. The zero-order valence-electron chi connectivity index (χ0n) is 24.9. The molecule has 0 aliphatic rings. The molecular formula is C33H24IrN2OS-2. The number of nitrogens with zero attached hydrogens (tertiary/aromatic N) is 2. The SMILES string of the molecule is Cc1c[c-]c(-c2cc(C)c(C)cn2)cc1.[2H]c1nc(-c2[c-]ccc3c2oc2c4ccsc4ccc32)c([2H])c([2H])c1[2H].[Ir]. The fourth-order valence-corrected chi connectivity index (χ4v) is 4.99. The molecular weight excluding hydrogens is 665 g/mol. The molecule has 0 bridgehead atoms. The number of fused-ring (bicyclic) bond motifs is 5. The molecule has 189 valence electrons. The van der Waals surface area contributed by atoms with Crippen molar-refractivity contribution in [2.45, 2.75) is 20.8 Å². The zero-order chi connectivity index (χ0) is 28.8. The van der Waals surface area contributed by atoms with Gasteiger partial charge in [0.05, 0.1) is 11.1 Å². The maximum absolute atomic E-state index is 8.17. The van der Waals surface area contributed by atoms with Gasteiger partial charge in [-0.15, -0.1) is 64.9 Å². The Balaban J connectivity index is 0.000000189. The fourth-order valence-electron chi connectivity index (χ4n) is 4.20. The topological polar surface area (TPSA) is 38.9 Å². The molecule has 7 aromatic rings. The van der Waals surface area contributed by atoms with Crippen molar-refractivity contribution in [2.75, 3.05) is 0 Å². The summed E-state index contributed by atoms with van der Waals surface area (Å²) in [6.07, 6.45) is 1.58. The Labute approximate surface area is 245 Å². The van der Waals surface area contributed by atoms with E-state index in [2.05, 4.69) is 67.1 Å². The zero-order valence-corrected chi connectivity index (χ0v) is 24.1. The van der Waals surface area contributed by atoms with Crippen molar-refractivity contribution in [1.29, 1.82) is 0 Å². The Kier molecular flexibility index (Phi) is 6.17. The van der Waals surface area contributed by atoms with Crippen LogP contribution in [-0.2, 0) is 20.1 Å². The molecule has 0 unspecified atom stereocenters. The number of aromatic nitrogens is 2. The molecule has 3 aromatic carbocycles. The summed E-state index contributed by atoms with van der Waals surface area (Å²) in [5, 5.41) is 4.87. The van der Waals surface area contributed by atoms with Gasteiger partial charge in [0.25, 0.3) is 0 Å². The largest absolute Gasteiger partial charge is 0.500 e. The van der Waals surface area contributed by atoms with E-state index in [-0.39, 0.29) is 50.1 Å². The molecule has 0 aliphatic carbocycles. The first-order valence-electron chi connectivity index (χ1n) is 13.8. The third-order valence-electron chi connectivity index (χ3n) is 6.35. The molecule has 0 saturated heterocycles. The second kappa shape index (κ2) is 11.0. The monoisotopic (exact) mass is 693 g/mol. The minimum atomic E-state index is -0.351. The molecule has 0 aliphatic heterocycles. The van der Waals surface area contributed by atoms with Crippen molar-refractivity contribution < 1.29 is 30.0 Å². The van der Waals surface area contributed by atoms with Crippen LogP contribution in [0.4, 0.5) is 0 Å². The van der Waals surface area contributed by atoms with E-state index in [9.17, 15) is 0 Å². The first-order chi connectivity index (χ1) is 19.7. The van der Waals surface area contributed by atoms with Gasteiger partial charge in [-0.3, -0.25) is 0 Å². The predicted molar refractivity (Wildman–Crippen MR) is 154 cm³/mol. The smallest absolute Gasteiger partial charge is 0.129 e. The van der Waals surface area contributed by atoms with Crippen molar-refractivity contribution in [1.82, 2.24) is 9.97 Å². The van der Waals surface area contributed by atoms with Gasteiger partial charge in [-0.05, 0) is 54.4 Å². The maximum Gasteiger partial charge on any atom is 0.129 e. The van der Waals surface area contributed by atoms with Crippen LogP contribution in [0.3, 0.4) is 0 Å². The summed E-state index contributed by atoms with van der Waals surface area (Å²) in [5.41, 5.74) is 7.65. The summed E-state index contributed by atoms with van der Waals surface area (Å²) >= 11 is 1.64. The normalized spacial score (nSPS) is 12.3. The van der Waals surface area contributed by atoms with Crippen LogP contribution in [0.25, 0.3) is 54.5 Å². The van der Waals surface area contributed by atoms with Gasteiger partial charge in [0, 0.05) is 47.9 Å². The molecule has 3 nitrogen and oxygen atoms in total. The van der Waals surface area contributed by atoms with Crippen LogP contribution in [0, 0.1) is 32.9 Å². The van der Waals surface area contributed by atoms with Crippen LogP contribution in [-0.4, -0.2) is 9.97 Å². The van der Waals surface area contributed by atoms with Gasteiger partial charge < -0.3 is 14.4 Å². The van der Waals surface area contributed by atoms with Crippen molar-refractivity contribution in [2.24, 2.45) is 0 Å². The second-order valence-corrected chi connectivity index (χ2v) is 9.80. The average Bonchev–Trinajstić information content (AvgIpc) is 3.61. The molecule has 0 spiro atoms. The summed E-state index contributed by atoms with van der Waals surface area (Å²) in [4.78, 5) is 8.47. The van der Waals surface area contributed by atoms with Crippen LogP contribution < -0.4 is 0 Å². The van der Waals surface area contributed by atoms with Crippen molar-refractivity contribution in [3.8, 4) is 22.5 Å². The third-order valence-corrected chi connectivity index (χ3v) is 7.23. The first-order valence-corrected chi connectivity index (χ1v) is 12.7. The van der Waals surface area contributed by atoms with Crippen LogP contribution in [0.15, 0.2) is 94.9 Å². The molecule has 0 amide bonds. The van der Waals surface area contributed by atoms with Crippen LogP contribution in [0.5, 0.6) is 0 Å². The second-order valence-electron chi connectivity index (χ2n) is 8.85. The van der Waals surface area contributed by atoms with E-state index in [4.69, 9.17) is 9.90 Å². The molecule has 0 saturated carbocycles. The number of pyridine rings is 2. The Hall–Kier alpha value is -3.63. The Bertz CT molecular complexity index is 2090. The third kappa shape index (κ3) is 4.93. The summed E-state index contributed by atoms with van der Waals surface area (Å²) in [5.74, 6) is 0. The molecule has 1 radical (unpaired) electrons. The molecule has 0 N–H and O–H groups in total. The van der Waals surface area contributed by atoms with E-state index in [1.165, 1.54) is 16.7 Å². The number of furan rings is 1. The molecule has 4 aromatic heterocycles. The Morgan fingerprint density at radius 3 is 2.53 bits per heavy atom. The van der Waals surface area contributed by atoms with Gasteiger partial charge in [-0.2, -0.15) is 0 Å². The number of hydrogen-bond donors (Lipinski definition) is 0. The average molecular weight is 693 g/mol. The Morgan fingerprint density at radius 1 is 0.842 bits per heavy atom. The molecule has 0 fully saturated rings. The van der Waals surface area contributed by atoms with Crippen molar-refractivity contribution in [3.05, 3.63) is 119 Å². The van der Waals surface area contributed by atoms with E-state index in [0.29, 0.717) is 11.1 Å². The van der Waals surface area contributed by atoms with Gasteiger partial charge >= 0.3 is 0 Å². The summed E-state index contributed by atoms with van der Waals surface area (Å²) in [7, 11) is 0. The van der Waals surface area contributed by atoms with Crippen molar-refractivity contribution in [3.63, 3.8) is 0 Å². The van der Waals surface area contributed by atoms with Gasteiger partial charge in [-0.1, -0.05) is 47.7 Å². The molecule has 38 heavy (non-hydrogen) atoms. The van der Waals surface area contributed by atoms with Crippen LogP contribution in [0.2, 0.25) is 0 Å². The van der Waals surface area contributed by atoms with Gasteiger partial charge in [0.1, 0.15) is 5.58 Å². The number of benzene rings is 3. The summed E-state index contributed by atoms with van der Waals surface area (Å²) in [6, 6.07) is 23.4. The van der Waals surface area contributed by atoms with Crippen LogP contribution >= 0.6 is 11.3 Å². The minimum Gasteiger partial charge on any atom is -0.500 e. The van der Waals surface area contributed by atoms with E-state index in [1.807, 2.05) is 35.8 Å². The number of thiophene rings is 1. The summed E-state index contributed by atoms with van der Waals surface area (Å²) in [6.45, 7) is 6.24. The van der Waals surface area contributed by atoms with Crippen LogP contribution in [0.1, 0.15) is 22.2 Å². The predicted octanol–water partition coefficient (Wildman–Crippen LogP) is 9.13. The van der Waals surface area contributed by atoms with Gasteiger partial charge in [-0.25, -0.2) is 0 Å². The standard InChI is InChI=1S/C19H10NOS.C14H14N.Ir/c1-2-10-20-16(6-1)14-5-3-4-12-13-7-8-17-15(9-11-22-17)19(13)21-18(12)14;1-10-4-6-13(7-5-10)14-8-11(2)12(3)9-15-14;/h1-4,6-11H;4-6,8-9H,1-3H3;/q2*-1;/i1D,2D,6D,10D;;. The Morgan fingerprint density at radius 2 is 1.71 bits per heavy atom. The minimum absolute atomic E-state index is 0. The molecule has 7 rings (SSSR count). The molecule has 0 atom stereocenters. The molecule has 4 heterocycles. The van der Waals surface area contributed by atoms with Gasteiger partial charge in [0.2, 0.25) is 0 Å². The van der Waals surface area contributed by atoms with E-state index in [0.717, 1.165) is 37.7 Å². The van der Waals surface area contributed by atoms with E-state index < -0.39 is 0 Å². The molecule has 5 heteroatoms. The fraction of sp³-hybridized carbons (Fsp3) is 0.0909. The van der Waals surface area contributed by atoms with E-state index >= 15 is 0 Å². The van der Waals surface area contributed by atoms with E-state index in [1.54, 1.807) is 17.4 Å². The summed E-state index contributed by atoms with van der Waals surface area (Å²) < 4.78 is 38.8. The number of aryl methyl sites for hydroxylation is 3. The maximum atomic E-state index is 8.17. The number of hydrogen-bond acceptors (Lipinski definition) is 4. The number of rotatable bonds is 2. The van der Waals surface area contributed by atoms with Gasteiger partial charge in [0.15, 0.2) is 0 Å². The van der Waals surface area contributed by atoms with Crippen molar-refractivity contribution >= 4 is 43.4 Å².